The van der Waals surface area contributed by atoms with Gasteiger partial charge < -0.3 is 4.74 Å². The first-order valence-electron chi connectivity index (χ1n) is 7.70. The number of likely N-dealkylation sites (tertiary alicyclic amines) is 1. The molecular weight excluding hydrogens is 250 g/mol. The molecule has 20 heavy (non-hydrogen) atoms. The molecule has 1 fully saturated rings. The Morgan fingerprint density at radius 3 is 2.80 bits per heavy atom. The molecule has 2 aliphatic heterocycles. The number of hydrogen-bond donors (Lipinski definition) is 0. The minimum absolute atomic E-state index is 0.236. The molecule has 0 N–H and O–H groups in total. The Hall–Kier alpha value is -1.35. The molecule has 0 aromatic heterocycles. The highest BCUT2D eigenvalue weighted by Gasteiger charge is 2.27. The number of fused-ring (bicyclic) bond motifs is 1. The summed E-state index contributed by atoms with van der Waals surface area (Å²) in [6.45, 7) is 5.76. The fraction of sp³-hybridized carbons (Fsp3) is 0.588. The molecular formula is C17H23NO2. The molecule has 0 aliphatic carbocycles. The van der Waals surface area contributed by atoms with Crippen molar-refractivity contribution in [1.29, 1.82) is 0 Å². The van der Waals surface area contributed by atoms with Gasteiger partial charge in [-0.05, 0) is 50.5 Å². The number of ether oxygens (including phenoxy) is 1. The minimum atomic E-state index is 0.236. The van der Waals surface area contributed by atoms with Gasteiger partial charge in [0.05, 0.1) is 13.2 Å². The van der Waals surface area contributed by atoms with E-state index in [1.165, 1.54) is 24.8 Å². The monoisotopic (exact) mass is 273 g/mol. The van der Waals surface area contributed by atoms with Gasteiger partial charge in [-0.2, -0.15) is 0 Å². The van der Waals surface area contributed by atoms with Gasteiger partial charge in [0.2, 0.25) is 0 Å². The van der Waals surface area contributed by atoms with Gasteiger partial charge >= 0.3 is 0 Å². The number of ketones is 1. The molecule has 0 spiro atoms. The first-order chi connectivity index (χ1) is 9.65. The molecule has 0 unspecified atom stereocenters. The molecule has 1 saturated heterocycles. The van der Waals surface area contributed by atoms with E-state index in [1.807, 2.05) is 18.2 Å². The summed E-state index contributed by atoms with van der Waals surface area (Å²) in [5.74, 6) is 1.18. The largest absolute Gasteiger partial charge is 0.493 e. The third-order valence-corrected chi connectivity index (χ3v) is 4.71. The first kappa shape index (κ1) is 13.6. The minimum Gasteiger partial charge on any atom is -0.493 e. The van der Waals surface area contributed by atoms with Crippen LogP contribution in [-0.4, -0.2) is 35.9 Å². The van der Waals surface area contributed by atoms with Crippen molar-refractivity contribution in [2.45, 2.75) is 51.6 Å². The van der Waals surface area contributed by atoms with Gasteiger partial charge in [-0.15, -0.1) is 0 Å². The number of nitrogens with zero attached hydrogens (tertiary/aromatic N) is 1. The fourth-order valence-corrected chi connectivity index (χ4v) is 3.40. The SMILES string of the molecule is C[C@@H]1CCC[C@H](C)N1CC(=O)c1ccc2c(c1)CCO2. The van der Waals surface area contributed by atoms with Gasteiger partial charge in [0.25, 0.3) is 0 Å². The fourth-order valence-electron chi connectivity index (χ4n) is 3.40. The highest BCUT2D eigenvalue weighted by atomic mass is 16.5. The average Bonchev–Trinajstić information content (AvgIpc) is 2.90. The van der Waals surface area contributed by atoms with E-state index >= 15 is 0 Å². The van der Waals surface area contributed by atoms with Gasteiger partial charge in [0.1, 0.15) is 5.75 Å². The first-order valence-corrected chi connectivity index (χ1v) is 7.70. The Labute approximate surface area is 120 Å². The highest BCUT2D eigenvalue weighted by molar-refractivity contribution is 5.98. The zero-order chi connectivity index (χ0) is 14.1. The van der Waals surface area contributed by atoms with E-state index in [0.717, 1.165) is 24.3 Å². The Kier molecular flexibility index (Phi) is 3.79. The lowest BCUT2D eigenvalue weighted by Gasteiger charge is -2.38. The Morgan fingerprint density at radius 1 is 1.30 bits per heavy atom. The van der Waals surface area contributed by atoms with Crippen molar-refractivity contribution in [2.24, 2.45) is 0 Å². The predicted octanol–water partition coefficient (Wildman–Crippen LogP) is 3.07. The molecule has 108 valence electrons. The summed E-state index contributed by atoms with van der Waals surface area (Å²) < 4.78 is 5.50. The lowest BCUT2D eigenvalue weighted by Crippen LogP contribution is -2.46. The summed E-state index contributed by atoms with van der Waals surface area (Å²) in [7, 11) is 0. The van der Waals surface area contributed by atoms with Gasteiger partial charge in [0.15, 0.2) is 5.78 Å². The van der Waals surface area contributed by atoms with Crippen LogP contribution < -0.4 is 4.74 Å². The van der Waals surface area contributed by atoms with Gasteiger partial charge in [-0.3, -0.25) is 9.69 Å². The van der Waals surface area contributed by atoms with Crippen molar-refractivity contribution in [2.75, 3.05) is 13.2 Å². The van der Waals surface area contributed by atoms with Crippen molar-refractivity contribution >= 4 is 5.78 Å². The summed E-state index contributed by atoms with van der Waals surface area (Å²) in [5.41, 5.74) is 2.01. The molecule has 2 atom stereocenters. The number of hydrogen-bond acceptors (Lipinski definition) is 3. The molecule has 3 heteroatoms. The van der Waals surface area contributed by atoms with E-state index in [9.17, 15) is 4.79 Å². The molecule has 2 aliphatic rings. The van der Waals surface area contributed by atoms with E-state index in [-0.39, 0.29) is 5.78 Å². The molecule has 3 nitrogen and oxygen atoms in total. The summed E-state index contributed by atoms with van der Waals surface area (Å²) in [6.07, 6.45) is 4.61. The lowest BCUT2D eigenvalue weighted by molar-refractivity contribution is 0.0734. The number of Topliss-reactive ketones (excluding diaryl/α,β-unsaturated/α-hetero) is 1. The topological polar surface area (TPSA) is 29.5 Å². The molecule has 3 rings (SSSR count). The molecule has 0 amide bonds. The van der Waals surface area contributed by atoms with Crippen LogP contribution in [-0.2, 0) is 6.42 Å². The van der Waals surface area contributed by atoms with Gasteiger partial charge in [-0.1, -0.05) is 6.42 Å². The second-order valence-corrected chi connectivity index (χ2v) is 6.15. The van der Waals surface area contributed by atoms with Crippen LogP contribution in [0.2, 0.25) is 0 Å². The van der Waals surface area contributed by atoms with Crippen LogP contribution in [0.4, 0.5) is 0 Å². The number of rotatable bonds is 3. The number of piperidine rings is 1. The molecule has 0 bridgehead atoms. The maximum atomic E-state index is 12.5. The Balaban J connectivity index is 1.72. The molecule has 1 aromatic carbocycles. The second-order valence-electron chi connectivity index (χ2n) is 6.15. The second kappa shape index (κ2) is 5.57. The lowest BCUT2D eigenvalue weighted by atomic mass is 9.96. The zero-order valence-electron chi connectivity index (χ0n) is 12.4. The number of carbonyl (C=O) groups is 1. The quantitative estimate of drug-likeness (QED) is 0.793. The molecule has 2 heterocycles. The van der Waals surface area contributed by atoms with E-state index in [4.69, 9.17) is 4.74 Å². The van der Waals surface area contributed by atoms with Crippen molar-refractivity contribution < 1.29 is 9.53 Å². The smallest absolute Gasteiger partial charge is 0.176 e. The summed E-state index contributed by atoms with van der Waals surface area (Å²) >= 11 is 0. The predicted molar refractivity (Wildman–Crippen MR) is 79.5 cm³/mol. The van der Waals surface area contributed by atoms with Crippen molar-refractivity contribution in [1.82, 2.24) is 4.90 Å². The van der Waals surface area contributed by atoms with E-state index < -0.39 is 0 Å². The number of benzene rings is 1. The normalized spacial score (nSPS) is 26.1. The van der Waals surface area contributed by atoms with Gasteiger partial charge in [-0.25, -0.2) is 0 Å². The van der Waals surface area contributed by atoms with Crippen molar-refractivity contribution in [3.05, 3.63) is 29.3 Å². The van der Waals surface area contributed by atoms with Crippen LogP contribution in [0.15, 0.2) is 18.2 Å². The molecule has 1 aromatic rings. The maximum absolute atomic E-state index is 12.5. The Bertz CT molecular complexity index is 502. The average molecular weight is 273 g/mol. The van der Waals surface area contributed by atoms with Crippen LogP contribution in [0.1, 0.15) is 49.0 Å². The van der Waals surface area contributed by atoms with Gasteiger partial charge in [0, 0.05) is 24.1 Å². The van der Waals surface area contributed by atoms with Crippen molar-refractivity contribution in [3.8, 4) is 5.75 Å². The standard InChI is InChI=1S/C17H23NO2/c1-12-4-3-5-13(2)18(12)11-16(19)14-6-7-17-15(10-14)8-9-20-17/h6-7,10,12-13H,3-5,8-9,11H2,1-2H3/t12-,13+. The van der Waals surface area contributed by atoms with Crippen molar-refractivity contribution in [3.63, 3.8) is 0 Å². The summed E-state index contributed by atoms with van der Waals surface area (Å²) in [4.78, 5) is 14.9. The van der Waals surface area contributed by atoms with E-state index in [1.54, 1.807) is 0 Å². The Morgan fingerprint density at radius 2 is 2.05 bits per heavy atom. The third-order valence-electron chi connectivity index (χ3n) is 4.71. The van der Waals surface area contributed by atoms with Crippen LogP contribution in [0, 0.1) is 0 Å². The number of carbonyl (C=O) groups excluding carboxylic acids is 1. The van der Waals surface area contributed by atoms with Crippen LogP contribution >= 0.6 is 0 Å². The van der Waals surface area contributed by atoms with Crippen LogP contribution in [0.25, 0.3) is 0 Å². The summed E-state index contributed by atoms with van der Waals surface area (Å²) in [5, 5.41) is 0. The molecule has 0 radical (unpaired) electrons. The summed E-state index contributed by atoms with van der Waals surface area (Å²) in [6, 6.07) is 6.90. The molecule has 0 saturated carbocycles. The van der Waals surface area contributed by atoms with Crippen LogP contribution in [0.5, 0.6) is 5.75 Å². The highest BCUT2D eigenvalue weighted by Crippen LogP contribution is 2.27. The zero-order valence-corrected chi connectivity index (χ0v) is 12.4. The third kappa shape index (κ3) is 2.59. The maximum Gasteiger partial charge on any atom is 0.176 e. The van der Waals surface area contributed by atoms with E-state index in [0.29, 0.717) is 18.6 Å². The van der Waals surface area contributed by atoms with Crippen LogP contribution in [0.3, 0.4) is 0 Å². The van der Waals surface area contributed by atoms with E-state index in [2.05, 4.69) is 18.7 Å².